The van der Waals surface area contributed by atoms with Crippen LogP contribution in [0.15, 0.2) is 42.5 Å². The lowest BCUT2D eigenvalue weighted by Crippen LogP contribution is -2.41. The molecule has 2 aromatic rings. The van der Waals surface area contributed by atoms with Gasteiger partial charge in [-0.3, -0.25) is 0 Å². The Bertz CT molecular complexity index is 644. The van der Waals surface area contributed by atoms with Crippen molar-refractivity contribution < 1.29 is 13.9 Å². The molecular formula is C17H18FNO2. The Hall–Kier alpha value is -2.07. The maximum absolute atomic E-state index is 13.9. The van der Waals surface area contributed by atoms with E-state index in [4.69, 9.17) is 9.47 Å². The summed E-state index contributed by atoms with van der Waals surface area (Å²) in [5.74, 6) is 0.763. The predicted molar refractivity (Wildman–Crippen MR) is 79.3 cm³/mol. The normalized spacial score (nSPS) is 20.5. The molecular weight excluding hydrogens is 269 g/mol. The van der Waals surface area contributed by atoms with Gasteiger partial charge in [-0.15, -0.1) is 0 Å². The van der Waals surface area contributed by atoms with E-state index in [0.29, 0.717) is 6.61 Å². The average molecular weight is 287 g/mol. The van der Waals surface area contributed by atoms with Crippen molar-refractivity contribution in [3.05, 3.63) is 59.4 Å². The molecule has 2 unspecified atom stereocenters. The molecule has 1 N–H and O–H groups in total. The van der Waals surface area contributed by atoms with Crippen LogP contribution in [-0.4, -0.2) is 19.8 Å². The molecule has 0 fully saturated rings. The van der Waals surface area contributed by atoms with Crippen molar-refractivity contribution >= 4 is 0 Å². The summed E-state index contributed by atoms with van der Waals surface area (Å²) in [6.07, 6.45) is -0.277. The Labute approximate surface area is 123 Å². The molecule has 3 nitrogen and oxygen atoms in total. The summed E-state index contributed by atoms with van der Waals surface area (Å²) in [6, 6.07) is 12.7. The number of hydrogen-bond acceptors (Lipinski definition) is 3. The number of para-hydroxylation sites is 1. The fourth-order valence-electron chi connectivity index (χ4n) is 2.64. The van der Waals surface area contributed by atoms with Gasteiger partial charge in [0, 0.05) is 5.56 Å². The van der Waals surface area contributed by atoms with Gasteiger partial charge in [0.25, 0.3) is 0 Å². The van der Waals surface area contributed by atoms with Gasteiger partial charge < -0.3 is 14.8 Å². The molecule has 2 aromatic carbocycles. The van der Waals surface area contributed by atoms with Crippen molar-refractivity contribution in [1.29, 1.82) is 0 Å². The van der Waals surface area contributed by atoms with E-state index in [0.717, 1.165) is 16.9 Å². The molecule has 4 heteroatoms. The third-order valence-corrected chi connectivity index (χ3v) is 3.71. The summed E-state index contributed by atoms with van der Waals surface area (Å²) >= 11 is 0. The highest BCUT2D eigenvalue weighted by Gasteiger charge is 2.31. The second-order valence-corrected chi connectivity index (χ2v) is 5.21. The topological polar surface area (TPSA) is 30.5 Å². The number of fused-ring (bicyclic) bond motifs is 1. The predicted octanol–water partition coefficient (Wildman–Crippen LogP) is 3.23. The summed E-state index contributed by atoms with van der Waals surface area (Å²) in [4.78, 5) is 0. The minimum atomic E-state index is -0.352. The molecule has 0 bridgehead atoms. The van der Waals surface area contributed by atoms with E-state index in [1.54, 1.807) is 12.1 Å². The number of nitrogens with one attached hydrogen (secondary N) is 1. The van der Waals surface area contributed by atoms with Gasteiger partial charge in [-0.1, -0.05) is 24.3 Å². The Balaban J connectivity index is 1.88. The van der Waals surface area contributed by atoms with Crippen LogP contribution < -0.4 is 14.8 Å². The molecule has 21 heavy (non-hydrogen) atoms. The van der Waals surface area contributed by atoms with Crippen molar-refractivity contribution in [1.82, 2.24) is 5.32 Å². The van der Waals surface area contributed by atoms with Gasteiger partial charge in [-0.2, -0.15) is 0 Å². The number of aryl methyl sites for hydroxylation is 1. The quantitative estimate of drug-likeness (QED) is 0.940. The number of halogens is 1. The number of hydrogen-bond donors (Lipinski definition) is 1. The Kier molecular flexibility index (Phi) is 3.80. The summed E-state index contributed by atoms with van der Waals surface area (Å²) < 4.78 is 25.5. The van der Waals surface area contributed by atoms with Crippen LogP contribution >= 0.6 is 0 Å². The Morgan fingerprint density at radius 3 is 2.86 bits per heavy atom. The van der Waals surface area contributed by atoms with Gasteiger partial charge in [0.1, 0.15) is 12.4 Å². The minimum absolute atomic E-state index is 0.0325. The third kappa shape index (κ3) is 2.72. The fourth-order valence-corrected chi connectivity index (χ4v) is 2.64. The largest absolute Gasteiger partial charge is 0.489 e. The van der Waals surface area contributed by atoms with Gasteiger partial charge in [-0.05, 0) is 37.7 Å². The summed E-state index contributed by atoms with van der Waals surface area (Å²) in [7, 11) is 1.87. The van der Waals surface area contributed by atoms with Crippen molar-refractivity contribution in [3.8, 4) is 11.5 Å². The molecule has 1 heterocycles. The maximum atomic E-state index is 13.9. The van der Waals surface area contributed by atoms with Gasteiger partial charge >= 0.3 is 0 Å². The first-order valence-corrected chi connectivity index (χ1v) is 7.01. The van der Waals surface area contributed by atoms with Crippen molar-refractivity contribution in [3.63, 3.8) is 0 Å². The van der Waals surface area contributed by atoms with Crippen LogP contribution in [0.1, 0.15) is 17.2 Å². The highest BCUT2D eigenvalue weighted by atomic mass is 19.1. The highest BCUT2D eigenvalue weighted by molar-refractivity contribution is 5.39. The molecule has 0 amide bonds. The van der Waals surface area contributed by atoms with Crippen molar-refractivity contribution in [2.75, 3.05) is 13.7 Å². The van der Waals surface area contributed by atoms with Crippen LogP contribution in [0.3, 0.4) is 0 Å². The molecule has 0 saturated heterocycles. The molecule has 1 aliphatic rings. The molecule has 3 rings (SSSR count). The molecule has 110 valence electrons. The zero-order valence-corrected chi connectivity index (χ0v) is 12.1. The summed E-state index contributed by atoms with van der Waals surface area (Å²) in [5, 5.41) is 3.24. The van der Waals surface area contributed by atoms with Crippen LogP contribution in [0.4, 0.5) is 4.39 Å². The van der Waals surface area contributed by atoms with Gasteiger partial charge in [0.05, 0.1) is 6.04 Å². The van der Waals surface area contributed by atoms with Crippen molar-refractivity contribution in [2.24, 2.45) is 0 Å². The van der Waals surface area contributed by atoms with Crippen LogP contribution in [0.25, 0.3) is 0 Å². The van der Waals surface area contributed by atoms with Crippen LogP contribution in [0, 0.1) is 12.7 Å². The number of rotatable bonds is 3. The van der Waals surface area contributed by atoms with Crippen LogP contribution in [-0.2, 0) is 0 Å². The standard InChI is InChI=1S/C17H18FNO2/c1-11-7-8-13(18)15(9-11)21-16-10-20-14-6-4-3-5-12(14)17(16)19-2/h3-9,16-17,19H,10H2,1-2H3. The molecule has 0 radical (unpaired) electrons. The lowest BCUT2D eigenvalue weighted by molar-refractivity contribution is 0.0740. The SMILES string of the molecule is CNC1c2ccccc2OCC1Oc1cc(C)ccc1F. The lowest BCUT2D eigenvalue weighted by atomic mass is 9.98. The molecule has 2 atom stereocenters. The Morgan fingerprint density at radius 2 is 2.05 bits per heavy atom. The highest BCUT2D eigenvalue weighted by Crippen LogP contribution is 2.34. The number of benzene rings is 2. The van der Waals surface area contributed by atoms with Gasteiger partial charge in [-0.25, -0.2) is 4.39 Å². The Morgan fingerprint density at radius 1 is 1.24 bits per heavy atom. The van der Waals surface area contributed by atoms with Gasteiger partial charge in [0.2, 0.25) is 0 Å². The van der Waals surface area contributed by atoms with E-state index in [-0.39, 0.29) is 23.7 Å². The van der Waals surface area contributed by atoms with Gasteiger partial charge in [0.15, 0.2) is 17.7 Å². The first-order chi connectivity index (χ1) is 10.2. The van der Waals surface area contributed by atoms with Crippen LogP contribution in [0.2, 0.25) is 0 Å². The van der Waals surface area contributed by atoms with Crippen LogP contribution in [0.5, 0.6) is 11.5 Å². The maximum Gasteiger partial charge on any atom is 0.165 e. The number of ether oxygens (including phenoxy) is 2. The molecule has 0 spiro atoms. The third-order valence-electron chi connectivity index (χ3n) is 3.71. The zero-order chi connectivity index (χ0) is 14.8. The second kappa shape index (κ2) is 5.74. The molecule has 1 aliphatic heterocycles. The molecule has 0 aromatic heterocycles. The summed E-state index contributed by atoms with van der Waals surface area (Å²) in [5.41, 5.74) is 1.99. The summed E-state index contributed by atoms with van der Waals surface area (Å²) in [6.45, 7) is 2.30. The second-order valence-electron chi connectivity index (χ2n) is 5.21. The molecule has 0 saturated carbocycles. The van der Waals surface area contributed by atoms with E-state index in [1.165, 1.54) is 6.07 Å². The van der Waals surface area contributed by atoms with E-state index >= 15 is 0 Å². The van der Waals surface area contributed by atoms with E-state index in [1.807, 2.05) is 38.2 Å². The van der Waals surface area contributed by atoms with E-state index in [2.05, 4.69) is 5.32 Å². The average Bonchev–Trinajstić information content (AvgIpc) is 2.50. The van der Waals surface area contributed by atoms with Crippen molar-refractivity contribution in [2.45, 2.75) is 19.1 Å². The first-order valence-electron chi connectivity index (χ1n) is 7.01. The van der Waals surface area contributed by atoms with E-state index in [9.17, 15) is 4.39 Å². The number of likely N-dealkylation sites (N-methyl/N-ethyl adjacent to an activating group) is 1. The fraction of sp³-hybridized carbons (Fsp3) is 0.294. The first kappa shape index (κ1) is 13.9. The molecule has 0 aliphatic carbocycles. The minimum Gasteiger partial charge on any atom is -0.489 e. The zero-order valence-electron chi connectivity index (χ0n) is 12.1. The smallest absolute Gasteiger partial charge is 0.165 e. The van der Waals surface area contributed by atoms with E-state index < -0.39 is 0 Å². The monoisotopic (exact) mass is 287 g/mol. The lowest BCUT2D eigenvalue weighted by Gasteiger charge is -2.33.